The molecule has 2 saturated heterocycles. The molecular weight excluding hydrogens is 629 g/mol. The van der Waals surface area contributed by atoms with E-state index >= 15 is 0 Å². The number of nitrogens with zero attached hydrogens (tertiary/aromatic N) is 5. The largest absolute Gasteiger partial charge is 0.435 e. The summed E-state index contributed by atoms with van der Waals surface area (Å²) in [5.41, 5.74) is -0.630. The summed E-state index contributed by atoms with van der Waals surface area (Å²) in [6.07, 6.45) is -2.67. The molecule has 4 aliphatic rings. The van der Waals surface area contributed by atoms with Crippen molar-refractivity contribution < 1.29 is 36.3 Å². The maximum Gasteiger partial charge on any atom is 0.435 e. The molecule has 7 rings (SSSR count). The van der Waals surface area contributed by atoms with Crippen molar-refractivity contribution in [2.24, 2.45) is 18.9 Å². The SMILES string of the molecule is Cc1cc(NC(=O)c2ncc(-c3cn(C4CC4(F)F)nc3C(F)(F)F)n2C)ccc1C(=O)NC1[C@H]2CN(C(=O)N[C@H]3CCNC3)C[C@@H]12. The van der Waals surface area contributed by atoms with Crippen LogP contribution in [-0.4, -0.2) is 86.3 Å². The summed E-state index contributed by atoms with van der Waals surface area (Å²) in [6, 6.07) is 3.26. The fourth-order valence-electron chi connectivity index (χ4n) is 6.67. The number of hydrogen-bond donors (Lipinski definition) is 4. The van der Waals surface area contributed by atoms with E-state index in [-0.39, 0.29) is 47.4 Å². The van der Waals surface area contributed by atoms with E-state index in [0.717, 1.165) is 36.5 Å². The second-order valence-electron chi connectivity index (χ2n) is 12.7. The summed E-state index contributed by atoms with van der Waals surface area (Å²) < 4.78 is 70.1. The number of carbonyl (C=O) groups is 3. The van der Waals surface area contributed by atoms with Crippen LogP contribution in [0.4, 0.5) is 32.4 Å². The van der Waals surface area contributed by atoms with E-state index in [1.54, 1.807) is 24.0 Å². The molecule has 3 aromatic rings. The maximum absolute atomic E-state index is 13.8. The number of hydrogen-bond acceptors (Lipinski definition) is 6. The zero-order valence-electron chi connectivity index (χ0n) is 25.4. The zero-order chi connectivity index (χ0) is 33.4. The molecule has 2 unspecified atom stereocenters. The van der Waals surface area contributed by atoms with Crippen molar-refractivity contribution in [1.82, 2.24) is 40.2 Å². The molecule has 47 heavy (non-hydrogen) atoms. The molecule has 250 valence electrons. The molecule has 1 aromatic carbocycles. The Kier molecular flexibility index (Phi) is 7.29. The van der Waals surface area contributed by atoms with Crippen LogP contribution < -0.4 is 21.3 Å². The van der Waals surface area contributed by atoms with Gasteiger partial charge in [-0.2, -0.15) is 18.3 Å². The van der Waals surface area contributed by atoms with Gasteiger partial charge in [0.05, 0.1) is 17.5 Å². The van der Waals surface area contributed by atoms with E-state index in [4.69, 9.17) is 0 Å². The molecule has 2 saturated carbocycles. The number of rotatable bonds is 7. The molecular formula is C30H32F5N9O3. The van der Waals surface area contributed by atoms with Crippen molar-refractivity contribution >= 4 is 23.5 Å². The third kappa shape index (κ3) is 5.80. The molecule has 2 aromatic heterocycles. The van der Waals surface area contributed by atoms with Gasteiger partial charge in [-0.1, -0.05) is 0 Å². The molecule has 0 spiro atoms. The van der Waals surface area contributed by atoms with Gasteiger partial charge in [-0.3, -0.25) is 14.3 Å². The third-order valence-corrected chi connectivity index (χ3v) is 9.48. The average molecular weight is 662 g/mol. The van der Waals surface area contributed by atoms with Crippen molar-refractivity contribution in [3.8, 4) is 11.3 Å². The third-order valence-electron chi connectivity index (χ3n) is 9.48. The Morgan fingerprint density at radius 2 is 1.81 bits per heavy atom. The number of carbonyl (C=O) groups excluding carboxylic acids is 3. The highest BCUT2D eigenvalue weighted by atomic mass is 19.4. The summed E-state index contributed by atoms with van der Waals surface area (Å²) in [4.78, 5) is 44.5. The first-order valence-electron chi connectivity index (χ1n) is 15.3. The fraction of sp³-hybridized carbons (Fsp3) is 0.500. The van der Waals surface area contributed by atoms with Gasteiger partial charge in [0, 0.05) is 74.5 Å². The first kappa shape index (κ1) is 31.1. The first-order chi connectivity index (χ1) is 22.2. The van der Waals surface area contributed by atoms with E-state index in [1.165, 1.54) is 13.1 Å². The highest BCUT2D eigenvalue weighted by Crippen LogP contribution is 2.53. The summed E-state index contributed by atoms with van der Waals surface area (Å²) in [5, 5.41) is 15.4. The Morgan fingerprint density at radius 1 is 1.09 bits per heavy atom. The van der Waals surface area contributed by atoms with E-state index in [2.05, 4.69) is 31.3 Å². The topological polar surface area (TPSA) is 138 Å². The lowest BCUT2D eigenvalue weighted by Crippen LogP contribution is -2.46. The van der Waals surface area contributed by atoms with Crippen molar-refractivity contribution in [2.45, 2.75) is 50.0 Å². The first-order valence-corrected chi connectivity index (χ1v) is 15.3. The summed E-state index contributed by atoms with van der Waals surface area (Å²) in [7, 11) is 1.34. The van der Waals surface area contributed by atoms with E-state index < -0.39 is 41.7 Å². The van der Waals surface area contributed by atoms with Gasteiger partial charge in [-0.25, -0.2) is 18.6 Å². The number of urea groups is 1. The van der Waals surface area contributed by atoms with Gasteiger partial charge < -0.3 is 30.7 Å². The molecule has 4 amide bonds. The van der Waals surface area contributed by atoms with E-state index in [9.17, 15) is 36.3 Å². The number of amides is 4. The molecule has 2 aliphatic carbocycles. The van der Waals surface area contributed by atoms with Crippen molar-refractivity contribution in [2.75, 3.05) is 31.5 Å². The Labute approximate surface area is 265 Å². The number of alkyl halides is 5. The van der Waals surface area contributed by atoms with Crippen LogP contribution >= 0.6 is 0 Å². The van der Waals surface area contributed by atoms with E-state index in [1.807, 2.05) is 0 Å². The molecule has 4 heterocycles. The van der Waals surface area contributed by atoms with Gasteiger partial charge in [0.1, 0.15) is 6.04 Å². The van der Waals surface area contributed by atoms with Crippen LogP contribution in [-0.2, 0) is 13.2 Å². The molecule has 2 aliphatic heterocycles. The molecule has 0 radical (unpaired) electrons. The van der Waals surface area contributed by atoms with Crippen molar-refractivity contribution in [3.05, 3.63) is 53.2 Å². The number of aryl methyl sites for hydroxylation is 1. The number of likely N-dealkylation sites (tertiary alicyclic amines) is 1. The fourth-order valence-corrected chi connectivity index (χ4v) is 6.67. The zero-order valence-corrected chi connectivity index (χ0v) is 25.4. The number of aromatic nitrogens is 4. The highest BCUT2D eigenvalue weighted by Gasteiger charge is 2.60. The Bertz CT molecular complexity index is 1750. The van der Waals surface area contributed by atoms with Gasteiger partial charge in [0.15, 0.2) is 11.5 Å². The number of halogens is 5. The van der Waals surface area contributed by atoms with Crippen molar-refractivity contribution in [1.29, 1.82) is 0 Å². The van der Waals surface area contributed by atoms with Gasteiger partial charge >= 0.3 is 12.2 Å². The number of piperidine rings is 1. The van der Waals surface area contributed by atoms with Crippen LogP contribution in [0.3, 0.4) is 0 Å². The lowest BCUT2D eigenvalue weighted by Gasteiger charge is -2.23. The van der Waals surface area contributed by atoms with Gasteiger partial charge in [-0.05, 0) is 43.7 Å². The summed E-state index contributed by atoms with van der Waals surface area (Å²) in [5.74, 6) is -3.96. The minimum Gasteiger partial charge on any atom is -0.349 e. The smallest absolute Gasteiger partial charge is 0.349 e. The van der Waals surface area contributed by atoms with Crippen LogP contribution in [0.5, 0.6) is 0 Å². The quantitative estimate of drug-likeness (QED) is 0.287. The van der Waals surface area contributed by atoms with E-state index in [0.29, 0.717) is 34.6 Å². The molecule has 0 bridgehead atoms. The predicted octanol–water partition coefficient (Wildman–Crippen LogP) is 3.17. The Hall–Kier alpha value is -4.54. The number of anilines is 1. The second kappa shape index (κ2) is 11.0. The number of nitrogens with one attached hydrogen (secondary N) is 4. The van der Waals surface area contributed by atoms with Crippen LogP contribution in [0.2, 0.25) is 0 Å². The van der Waals surface area contributed by atoms with Crippen LogP contribution in [0.25, 0.3) is 11.3 Å². The normalized spacial score (nSPS) is 25.8. The molecule has 4 fully saturated rings. The monoisotopic (exact) mass is 661 g/mol. The standard InChI is InChI=1S/C30H32F5N9O3/c1-14-7-15(3-4-17(14)26(45)40-23-18-11-43(12-19(18)23)28(47)39-16-5-6-36-9-16)38-27(46)25-37-10-21(42(25)2)20-13-44(22-8-29(22,31)32)41-24(20)30(33,34)35/h3-4,7,10,13,16,18-19,22-23,36H,5-6,8-9,11-12H2,1-2H3,(H,38,46)(H,39,47)(H,40,45)/t16-,18-,19+,22?,23?/m0/s1. The minimum absolute atomic E-state index is 0.0261. The Morgan fingerprint density at radius 3 is 2.43 bits per heavy atom. The molecule has 17 heteroatoms. The minimum atomic E-state index is -4.93. The van der Waals surface area contributed by atoms with Crippen LogP contribution in [0, 0.1) is 18.8 Å². The summed E-state index contributed by atoms with van der Waals surface area (Å²) >= 11 is 0. The van der Waals surface area contributed by atoms with Gasteiger partial charge in [0.25, 0.3) is 17.7 Å². The van der Waals surface area contributed by atoms with Crippen LogP contribution in [0.1, 0.15) is 51.1 Å². The maximum atomic E-state index is 13.8. The second-order valence-corrected chi connectivity index (χ2v) is 12.7. The lowest BCUT2D eigenvalue weighted by molar-refractivity contribution is -0.141. The molecule has 5 atom stereocenters. The predicted molar refractivity (Wildman–Crippen MR) is 157 cm³/mol. The summed E-state index contributed by atoms with van der Waals surface area (Å²) in [6.45, 7) is 4.53. The number of fused-ring (bicyclic) bond motifs is 1. The molecule has 4 N–H and O–H groups in total. The van der Waals surface area contributed by atoms with Gasteiger partial charge in [0.2, 0.25) is 0 Å². The van der Waals surface area contributed by atoms with Crippen LogP contribution in [0.15, 0.2) is 30.6 Å². The lowest BCUT2D eigenvalue weighted by atomic mass is 10.1. The Balaban J connectivity index is 0.974. The number of benzene rings is 1. The van der Waals surface area contributed by atoms with Gasteiger partial charge in [-0.15, -0.1) is 0 Å². The number of imidazole rings is 1. The average Bonchev–Trinajstić information content (AvgIpc) is 3.48. The van der Waals surface area contributed by atoms with Crippen molar-refractivity contribution in [3.63, 3.8) is 0 Å². The highest BCUT2D eigenvalue weighted by molar-refractivity contribution is 6.03. The molecule has 12 nitrogen and oxygen atoms in total.